The molecule has 9 nitrogen and oxygen atoms in total. The molecule has 0 fully saturated rings. The van der Waals surface area contributed by atoms with Crippen LogP contribution in [0.5, 0.6) is 22.4 Å². The summed E-state index contributed by atoms with van der Waals surface area (Å²) in [6, 6.07) is 10.9. The highest BCUT2D eigenvalue weighted by molar-refractivity contribution is 7.18. The predicted molar refractivity (Wildman–Crippen MR) is 138 cm³/mol. The van der Waals surface area contributed by atoms with E-state index in [2.05, 4.69) is 19.8 Å². The summed E-state index contributed by atoms with van der Waals surface area (Å²) in [6.45, 7) is 0.151. The molecule has 0 aliphatic rings. The molecule has 0 N–H and O–H groups in total. The zero-order valence-electron chi connectivity index (χ0n) is 20.2. The lowest BCUT2D eigenvalue weighted by Gasteiger charge is -2.08. The number of imidazole rings is 1. The molecule has 0 aliphatic carbocycles. The lowest BCUT2D eigenvalue weighted by atomic mass is 10.2. The van der Waals surface area contributed by atoms with Crippen molar-refractivity contribution in [3.8, 4) is 44.5 Å². The van der Waals surface area contributed by atoms with Gasteiger partial charge in [-0.25, -0.2) is 14.5 Å². The molecule has 0 unspecified atom stereocenters. The highest BCUT2D eigenvalue weighted by Gasteiger charge is 2.31. The number of hydrogen-bond acceptors (Lipinski definition) is 10. The van der Waals surface area contributed by atoms with Crippen LogP contribution in [0.3, 0.4) is 0 Å². The molecule has 200 valence electrons. The van der Waals surface area contributed by atoms with Gasteiger partial charge in [0.15, 0.2) is 5.76 Å². The van der Waals surface area contributed by atoms with Gasteiger partial charge in [-0.15, -0.1) is 29.6 Å². The Morgan fingerprint density at radius 1 is 1.00 bits per heavy atom. The van der Waals surface area contributed by atoms with Crippen molar-refractivity contribution in [1.29, 1.82) is 0 Å². The Balaban J connectivity index is 1.22. The molecular formula is C25H17F3N4O5S2. The molecule has 6 rings (SSSR count). The molecular weight excluding hydrogens is 557 g/mol. The van der Waals surface area contributed by atoms with E-state index in [1.807, 2.05) is 11.4 Å². The Labute approximate surface area is 226 Å². The van der Waals surface area contributed by atoms with Crippen molar-refractivity contribution in [2.75, 3.05) is 14.2 Å². The van der Waals surface area contributed by atoms with E-state index in [1.54, 1.807) is 37.1 Å². The number of hydrogen-bond donors (Lipinski definition) is 0. The van der Waals surface area contributed by atoms with Crippen LogP contribution in [0.2, 0.25) is 0 Å². The lowest BCUT2D eigenvalue weighted by Crippen LogP contribution is -2.16. The number of rotatable bonds is 8. The molecule has 2 aromatic carbocycles. The minimum Gasteiger partial charge on any atom is -0.496 e. The minimum atomic E-state index is -4.74. The first-order valence-electron chi connectivity index (χ1n) is 11.2. The molecule has 14 heteroatoms. The second kappa shape index (κ2) is 9.78. The zero-order valence-corrected chi connectivity index (χ0v) is 21.8. The van der Waals surface area contributed by atoms with Crippen LogP contribution in [-0.4, -0.2) is 40.2 Å². The molecule has 0 saturated heterocycles. The van der Waals surface area contributed by atoms with Crippen LogP contribution in [0, 0.1) is 0 Å². The fourth-order valence-electron chi connectivity index (χ4n) is 3.79. The number of aromatic nitrogens is 4. The quantitative estimate of drug-likeness (QED) is 0.196. The topological polar surface area (TPSA) is 93.1 Å². The van der Waals surface area contributed by atoms with Crippen molar-refractivity contribution in [1.82, 2.24) is 19.6 Å². The number of thiazole rings is 1. The summed E-state index contributed by atoms with van der Waals surface area (Å²) < 4.78 is 65.5. The summed E-state index contributed by atoms with van der Waals surface area (Å²) in [7, 11) is 3.10. The predicted octanol–water partition coefficient (Wildman–Crippen LogP) is 6.82. The SMILES string of the molecule is COc1cc(OCc2csc(-c3ccc(OC(F)(F)F)cc3)n2)c2cc(-c3cn4nc(OC)sc4n3)oc2c1. The smallest absolute Gasteiger partial charge is 0.496 e. The van der Waals surface area contributed by atoms with E-state index in [-0.39, 0.29) is 12.4 Å². The number of fused-ring (bicyclic) bond motifs is 2. The highest BCUT2D eigenvalue weighted by atomic mass is 32.1. The summed E-state index contributed by atoms with van der Waals surface area (Å²) in [4.78, 5) is 9.79. The van der Waals surface area contributed by atoms with Gasteiger partial charge in [0.2, 0.25) is 4.96 Å². The number of halogens is 3. The molecule has 0 atom stereocenters. The maximum Gasteiger partial charge on any atom is 0.573 e. The second-order valence-electron chi connectivity index (χ2n) is 8.08. The van der Waals surface area contributed by atoms with Gasteiger partial charge in [-0.2, -0.15) is 0 Å². The standard InChI is InChI=1S/C25H17F3N4O5S2/c1-33-16-7-19(17-9-21(36-20(17)8-16)18-10-32-23(30-18)39-24(31-32)34-2)35-11-14-12-38-22(29-14)13-3-5-15(6-4-13)37-25(26,27)28/h3-10,12H,11H2,1-2H3. The first kappa shape index (κ1) is 25.0. The largest absolute Gasteiger partial charge is 0.573 e. The monoisotopic (exact) mass is 574 g/mol. The van der Waals surface area contributed by atoms with Crippen LogP contribution >= 0.6 is 22.7 Å². The van der Waals surface area contributed by atoms with Crippen LogP contribution in [0.25, 0.3) is 38.0 Å². The average Bonchev–Trinajstić information content (AvgIpc) is 3.69. The van der Waals surface area contributed by atoms with Gasteiger partial charge in [0.1, 0.15) is 40.1 Å². The van der Waals surface area contributed by atoms with Crippen LogP contribution in [0.1, 0.15) is 5.69 Å². The number of nitrogens with zero attached hydrogens (tertiary/aromatic N) is 4. The Morgan fingerprint density at radius 3 is 2.54 bits per heavy atom. The van der Waals surface area contributed by atoms with Crippen molar-refractivity contribution in [2.45, 2.75) is 13.0 Å². The van der Waals surface area contributed by atoms with Gasteiger partial charge in [-0.05, 0) is 41.7 Å². The van der Waals surface area contributed by atoms with Gasteiger partial charge in [0.25, 0.3) is 5.19 Å². The maximum absolute atomic E-state index is 12.4. The summed E-state index contributed by atoms with van der Waals surface area (Å²) >= 11 is 2.67. The first-order chi connectivity index (χ1) is 18.8. The molecule has 39 heavy (non-hydrogen) atoms. The van der Waals surface area contributed by atoms with Crippen molar-refractivity contribution < 1.29 is 36.5 Å². The number of ether oxygens (including phenoxy) is 4. The fraction of sp³-hybridized carbons (Fsp3) is 0.160. The van der Waals surface area contributed by atoms with Gasteiger partial charge >= 0.3 is 6.36 Å². The van der Waals surface area contributed by atoms with Gasteiger partial charge in [0, 0.05) is 23.1 Å². The maximum atomic E-state index is 12.4. The van der Waals surface area contributed by atoms with Crippen LogP contribution in [0.15, 0.2) is 58.5 Å². The van der Waals surface area contributed by atoms with E-state index < -0.39 is 6.36 Å². The molecule has 0 saturated carbocycles. The van der Waals surface area contributed by atoms with Crippen LogP contribution < -0.4 is 18.9 Å². The van der Waals surface area contributed by atoms with Crippen LogP contribution in [-0.2, 0) is 6.61 Å². The summed E-state index contributed by atoms with van der Waals surface area (Å²) in [5, 5.41) is 7.98. The van der Waals surface area contributed by atoms with Gasteiger partial charge in [-0.3, -0.25) is 0 Å². The van der Waals surface area contributed by atoms with Crippen molar-refractivity contribution in [3.63, 3.8) is 0 Å². The molecule has 0 amide bonds. The third-order valence-electron chi connectivity index (χ3n) is 5.52. The molecule has 4 heterocycles. The van der Waals surface area contributed by atoms with Gasteiger partial charge in [0.05, 0.1) is 31.5 Å². The normalized spacial score (nSPS) is 11.8. The van der Waals surface area contributed by atoms with E-state index in [0.29, 0.717) is 55.0 Å². The number of furan rings is 1. The summed E-state index contributed by atoms with van der Waals surface area (Å²) in [5.41, 5.74) is 2.48. The van der Waals surface area contributed by atoms with Crippen molar-refractivity contribution in [3.05, 3.63) is 59.7 Å². The molecule has 0 radical (unpaired) electrons. The molecule has 0 aliphatic heterocycles. The third-order valence-corrected chi connectivity index (χ3v) is 7.35. The van der Waals surface area contributed by atoms with Gasteiger partial charge in [-0.1, -0.05) is 0 Å². The molecule has 6 aromatic rings. The molecule has 0 spiro atoms. The van der Waals surface area contributed by atoms with E-state index >= 15 is 0 Å². The molecule has 4 aromatic heterocycles. The van der Waals surface area contributed by atoms with E-state index in [4.69, 9.17) is 18.6 Å². The summed E-state index contributed by atoms with van der Waals surface area (Å²) in [5.74, 6) is 1.33. The number of methoxy groups -OCH3 is 2. The first-order valence-corrected chi connectivity index (χ1v) is 12.9. The van der Waals surface area contributed by atoms with E-state index in [0.717, 1.165) is 5.39 Å². The van der Waals surface area contributed by atoms with Gasteiger partial charge < -0.3 is 23.4 Å². The minimum absolute atomic E-state index is 0.151. The third kappa shape index (κ3) is 5.20. The Bertz CT molecular complexity index is 1740. The Hall–Kier alpha value is -4.30. The lowest BCUT2D eigenvalue weighted by molar-refractivity contribution is -0.274. The van der Waals surface area contributed by atoms with Crippen LogP contribution in [0.4, 0.5) is 13.2 Å². The van der Waals surface area contributed by atoms with E-state index in [9.17, 15) is 13.2 Å². The number of benzene rings is 2. The zero-order chi connectivity index (χ0) is 27.1. The second-order valence-corrected chi connectivity index (χ2v) is 9.85. The average molecular weight is 575 g/mol. The Morgan fingerprint density at radius 2 is 1.82 bits per heavy atom. The summed E-state index contributed by atoms with van der Waals surface area (Å²) in [6.07, 6.45) is -2.99. The fourth-order valence-corrected chi connectivity index (χ4v) is 5.30. The Kier molecular flexibility index (Phi) is 6.27. The van der Waals surface area contributed by atoms with Crippen molar-refractivity contribution >= 4 is 38.6 Å². The number of alkyl halides is 3. The van der Waals surface area contributed by atoms with E-state index in [1.165, 1.54) is 46.9 Å². The highest BCUT2D eigenvalue weighted by Crippen LogP contribution is 2.38. The van der Waals surface area contributed by atoms with Crippen molar-refractivity contribution in [2.24, 2.45) is 0 Å². The molecule has 0 bridgehead atoms.